The molecule has 1 unspecified atom stereocenters. The monoisotopic (exact) mass is 277 g/mol. The minimum Gasteiger partial charge on any atom is -0.309 e. The van der Waals surface area contributed by atoms with Crippen LogP contribution in [0, 0.1) is 19.7 Å². The second kappa shape index (κ2) is 5.72. The minimum atomic E-state index is -0.180. The number of hydrogen-bond acceptors (Lipinski definition) is 1. The van der Waals surface area contributed by atoms with Crippen molar-refractivity contribution in [3.8, 4) is 0 Å². The van der Waals surface area contributed by atoms with Crippen LogP contribution < -0.4 is 5.32 Å². The van der Waals surface area contributed by atoms with Crippen molar-refractivity contribution in [1.29, 1.82) is 0 Å². The van der Waals surface area contributed by atoms with Crippen molar-refractivity contribution in [3.63, 3.8) is 0 Å². The Morgan fingerprint density at radius 3 is 2.21 bits per heavy atom. The van der Waals surface area contributed by atoms with Gasteiger partial charge in [0.2, 0.25) is 0 Å². The first-order valence-electron chi connectivity index (χ1n) is 6.22. The molecular formula is C16H17ClFN. The number of hydrogen-bond donors (Lipinski definition) is 1. The Hall–Kier alpha value is -1.38. The van der Waals surface area contributed by atoms with Crippen molar-refractivity contribution >= 4 is 11.6 Å². The van der Waals surface area contributed by atoms with Gasteiger partial charge in [-0.3, -0.25) is 0 Å². The summed E-state index contributed by atoms with van der Waals surface area (Å²) in [6, 6.07) is 11.2. The van der Waals surface area contributed by atoms with Crippen molar-refractivity contribution < 1.29 is 4.39 Å². The topological polar surface area (TPSA) is 12.0 Å². The van der Waals surface area contributed by atoms with Gasteiger partial charge in [0, 0.05) is 5.02 Å². The van der Waals surface area contributed by atoms with Crippen LogP contribution in [0.15, 0.2) is 36.4 Å². The fraction of sp³-hybridized carbons (Fsp3) is 0.250. The van der Waals surface area contributed by atoms with Gasteiger partial charge in [-0.15, -0.1) is 0 Å². The predicted octanol–water partition coefficient (Wildman–Crippen LogP) is 4.40. The first kappa shape index (κ1) is 14.0. The lowest BCUT2D eigenvalue weighted by molar-refractivity contribution is 0.614. The van der Waals surface area contributed by atoms with Gasteiger partial charge < -0.3 is 5.32 Å². The van der Waals surface area contributed by atoms with Crippen LogP contribution in [-0.2, 0) is 0 Å². The standard InChI is InChI=1S/C16H17ClFN/c1-10-4-5-13(9-14(10)17)16(19-3)12-6-7-15(18)11(2)8-12/h4-9,16,19H,1-3H3. The van der Waals surface area contributed by atoms with Crippen LogP contribution in [0.5, 0.6) is 0 Å². The van der Waals surface area contributed by atoms with E-state index in [2.05, 4.69) is 5.32 Å². The number of benzene rings is 2. The highest BCUT2D eigenvalue weighted by molar-refractivity contribution is 6.31. The van der Waals surface area contributed by atoms with Gasteiger partial charge in [0.1, 0.15) is 5.82 Å². The molecule has 0 radical (unpaired) electrons. The van der Waals surface area contributed by atoms with Crippen LogP contribution in [0.4, 0.5) is 4.39 Å². The fourth-order valence-corrected chi connectivity index (χ4v) is 2.35. The molecule has 0 spiro atoms. The van der Waals surface area contributed by atoms with Crippen molar-refractivity contribution in [3.05, 3.63) is 69.5 Å². The third-order valence-electron chi connectivity index (χ3n) is 3.33. The molecule has 0 aliphatic heterocycles. The summed E-state index contributed by atoms with van der Waals surface area (Å²) in [4.78, 5) is 0. The smallest absolute Gasteiger partial charge is 0.126 e. The van der Waals surface area contributed by atoms with E-state index in [4.69, 9.17) is 11.6 Å². The summed E-state index contributed by atoms with van der Waals surface area (Å²) in [5.41, 5.74) is 3.80. The van der Waals surface area contributed by atoms with Crippen LogP contribution in [-0.4, -0.2) is 7.05 Å². The Morgan fingerprint density at radius 1 is 1.00 bits per heavy atom. The Morgan fingerprint density at radius 2 is 1.63 bits per heavy atom. The molecule has 1 nitrogen and oxygen atoms in total. The third kappa shape index (κ3) is 2.96. The molecule has 0 saturated carbocycles. The van der Waals surface area contributed by atoms with E-state index in [1.165, 1.54) is 6.07 Å². The molecule has 1 atom stereocenters. The first-order valence-corrected chi connectivity index (χ1v) is 6.60. The molecule has 0 aromatic heterocycles. The summed E-state index contributed by atoms with van der Waals surface area (Å²) in [6.07, 6.45) is 0. The van der Waals surface area contributed by atoms with E-state index in [9.17, 15) is 4.39 Å². The lowest BCUT2D eigenvalue weighted by Gasteiger charge is -2.18. The maximum Gasteiger partial charge on any atom is 0.126 e. The lowest BCUT2D eigenvalue weighted by Crippen LogP contribution is -2.18. The lowest BCUT2D eigenvalue weighted by atomic mass is 9.96. The number of nitrogens with one attached hydrogen (secondary N) is 1. The average molecular weight is 278 g/mol. The zero-order valence-electron chi connectivity index (χ0n) is 11.3. The Kier molecular flexibility index (Phi) is 4.23. The second-order valence-electron chi connectivity index (χ2n) is 4.74. The van der Waals surface area contributed by atoms with Crippen molar-refractivity contribution in [2.24, 2.45) is 0 Å². The molecule has 0 heterocycles. The van der Waals surface area contributed by atoms with Crippen molar-refractivity contribution in [2.45, 2.75) is 19.9 Å². The molecule has 0 aliphatic carbocycles. The van der Waals surface area contributed by atoms with Crippen LogP contribution in [0.3, 0.4) is 0 Å². The molecule has 100 valence electrons. The molecule has 0 saturated heterocycles. The van der Waals surface area contributed by atoms with Gasteiger partial charge in [0.15, 0.2) is 0 Å². The highest BCUT2D eigenvalue weighted by Gasteiger charge is 2.14. The molecular weight excluding hydrogens is 261 g/mol. The molecule has 0 aliphatic rings. The fourth-order valence-electron chi connectivity index (χ4n) is 2.16. The van der Waals surface area contributed by atoms with Gasteiger partial charge in [-0.1, -0.05) is 35.9 Å². The Balaban J connectivity index is 2.43. The molecule has 0 amide bonds. The van der Waals surface area contributed by atoms with E-state index in [-0.39, 0.29) is 11.9 Å². The van der Waals surface area contributed by atoms with E-state index in [0.717, 1.165) is 21.7 Å². The molecule has 3 heteroatoms. The van der Waals surface area contributed by atoms with Gasteiger partial charge in [-0.25, -0.2) is 4.39 Å². The van der Waals surface area contributed by atoms with Crippen molar-refractivity contribution in [1.82, 2.24) is 5.32 Å². The van der Waals surface area contributed by atoms with Gasteiger partial charge in [-0.05, 0) is 55.3 Å². The maximum absolute atomic E-state index is 13.3. The van der Waals surface area contributed by atoms with Gasteiger partial charge in [0.05, 0.1) is 6.04 Å². The van der Waals surface area contributed by atoms with Gasteiger partial charge in [-0.2, -0.15) is 0 Å². The predicted molar refractivity (Wildman–Crippen MR) is 78.2 cm³/mol. The van der Waals surface area contributed by atoms with Crippen LogP contribution in [0.25, 0.3) is 0 Å². The van der Waals surface area contributed by atoms with Gasteiger partial charge >= 0.3 is 0 Å². The van der Waals surface area contributed by atoms with Crippen LogP contribution in [0.2, 0.25) is 5.02 Å². The number of rotatable bonds is 3. The summed E-state index contributed by atoms with van der Waals surface area (Å²) in [6.45, 7) is 3.75. The SMILES string of the molecule is CNC(c1ccc(F)c(C)c1)c1ccc(C)c(Cl)c1. The zero-order valence-corrected chi connectivity index (χ0v) is 12.1. The summed E-state index contributed by atoms with van der Waals surface area (Å²) in [5, 5.41) is 3.99. The molecule has 1 N–H and O–H groups in total. The van der Waals surface area contributed by atoms with Crippen molar-refractivity contribution in [2.75, 3.05) is 7.05 Å². The largest absolute Gasteiger partial charge is 0.309 e. The second-order valence-corrected chi connectivity index (χ2v) is 5.15. The Bertz CT molecular complexity index is 544. The van der Waals surface area contributed by atoms with Crippen LogP contribution in [0.1, 0.15) is 28.3 Å². The molecule has 2 aromatic carbocycles. The maximum atomic E-state index is 13.3. The molecule has 2 rings (SSSR count). The summed E-state index contributed by atoms with van der Waals surface area (Å²) < 4.78 is 13.3. The highest BCUT2D eigenvalue weighted by atomic mass is 35.5. The first-order chi connectivity index (χ1) is 9.02. The summed E-state index contributed by atoms with van der Waals surface area (Å²) >= 11 is 6.17. The van der Waals surface area contributed by atoms with Gasteiger partial charge in [0.25, 0.3) is 0 Å². The Labute approximate surface area is 118 Å². The van der Waals surface area contributed by atoms with E-state index in [1.807, 2.05) is 38.2 Å². The zero-order chi connectivity index (χ0) is 14.0. The van der Waals surface area contributed by atoms with E-state index < -0.39 is 0 Å². The van der Waals surface area contributed by atoms with E-state index in [1.54, 1.807) is 13.0 Å². The summed E-state index contributed by atoms with van der Waals surface area (Å²) in [7, 11) is 1.89. The summed E-state index contributed by atoms with van der Waals surface area (Å²) in [5.74, 6) is -0.180. The normalized spacial score (nSPS) is 12.5. The molecule has 0 fully saturated rings. The average Bonchev–Trinajstić information content (AvgIpc) is 2.39. The quantitative estimate of drug-likeness (QED) is 0.876. The molecule has 19 heavy (non-hydrogen) atoms. The number of halogens is 2. The number of aryl methyl sites for hydroxylation is 2. The molecule has 0 bridgehead atoms. The van der Waals surface area contributed by atoms with E-state index >= 15 is 0 Å². The van der Waals surface area contributed by atoms with Crippen LogP contribution >= 0.6 is 11.6 Å². The van der Waals surface area contributed by atoms with E-state index in [0.29, 0.717) is 5.56 Å². The highest BCUT2D eigenvalue weighted by Crippen LogP contribution is 2.27. The minimum absolute atomic E-state index is 0.0115. The molecule has 2 aromatic rings. The third-order valence-corrected chi connectivity index (χ3v) is 3.74.